The third-order valence-corrected chi connectivity index (χ3v) is 2.56. The van der Waals surface area contributed by atoms with Crippen LogP contribution < -0.4 is 0 Å². The van der Waals surface area contributed by atoms with E-state index in [9.17, 15) is 0 Å². The maximum absolute atomic E-state index is 5.35. The normalized spacial score (nSPS) is 29.1. The van der Waals surface area contributed by atoms with E-state index in [0.29, 0.717) is 0 Å². The summed E-state index contributed by atoms with van der Waals surface area (Å²) in [4.78, 5) is 0. The van der Waals surface area contributed by atoms with Crippen molar-refractivity contribution in [3.63, 3.8) is 0 Å². The van der Waals surface area contributed by atoms with Crippen LogP contribution >= 0.6 is 12.3 Å². The van der Waals surface area contributed by atoms with E-state index in [2.05, 4.69) is 12.1 Å². The van der Waals surface area contributed by atoms with Crippen LogP contribution in [0.5, 0.6) is 0 Å². The summed E-state index contributed by atoms with van der Waals surface area (Å²) in [5.41, 5.74) is 1.18. The van der Waals surface area contributed by atoms with Crippen LogP contribution in [0.25, 0.3) is 0 Å². The van der Waals surface area contributed by atoms with Gasteiger partial charge in [-0.25, -0.2) is 0 Å². The van der Waals surface area contributed by atoms with Gasteiger partial charge in [-0.05, 0) is 12.5 Å². The highest BCUT2D eigenvalue weighted by atomic mass is 32.2. The van der Waals surface area contributed by atoms with Gasteiger partial charge in [-0.1, -0.05) is 30.3 Å². The van der Waals surface area contributed by atoms with Crippen molar-refractivity contribution >= 4 is 12.3 Å². The molecule has 0 unspecified atom stereocenters. The Labute approximate surface area is 76.3 Å². The van der Waals surface area contributed by atoms with Crippen molar-refractivity contribution in [1.29, 1.82) is 0 Å². The highest BCUT2D eigenvalue weighted by Crippen LogP contribution is 2.36. The van der Waals surface area contributed by atoms with E-state index in [-0.39, 0.29) is 12.2 Å². The summed E-state index contributed by atoms with van der Waals surface area (Å²) in [7, 11) is 0. The summed E-state index contributed by atoms with van der Waals surface area (Å²) >= 11 is 1.09. The average molecular weight is 182 g/mol. The second kappa shape index (κ2) is 3.47. The van der Waals surface area contributed by atoms with E-state index in [1.54, 1.807) is 0 Å². The van der Waals surface area contributed by atoms with Gasteiger partial charge in [0.15, 0.2) is 12.3 Å². The van der Waals surface area contributed by atoms with E-state index in [1.807, 2.05) is 25.1 Å². The molecule has 1 fully saturated rings. The molecular formula is C9H10O2S. The second-order valence-corrected chi connectivity index (χ2v) is 3.32. The van der Waals surface area contributed by atoms with Crippen LogP contribution in [0.3, 0.4) is 0 Å². The Kier molecular flexibility index (Phi) is 2.35. The number of rotatable bonds is 1. The number of benzene rings is 1. The van der Waals surface area contributed by atoms with Crippen LogP contribution in [0.4, 0.5) is 0 Å². The molecule has 0 N–H and O–H groups in total. The van der Waals surface area contributed by atoms with Crippen molar-refractivity contribution in [2.45, 2.75) is 19.1 Å². The first kappa shape index (κ1) is 8.10. The minimum absolute atomic E-state index is 0.0798. The Morgan fingerprint density at radius 3 is 2.50 bits per heavy atom. The van der Waals surface area contributed by atoms with Gasteiger partial charge in [-0.15, -0.1) is 0 Å². The summed E-state index contributed by atoms with van der Waals surface area (Å²) in [6.45, 7) is 2.01. The van der Waals surface area contributed by atoms with Crippen molar-refractivity contribution in [2.24, 2.45) is 0 Å². The fourth-order valence-corrected chi connectivity index (χ4v) is 1.85. The molecule has 1 aliphatic rings. The molecule has 64 valence electrons. The monoisotopic (exact) mass is 182 g/mol. The maximum Gasteiger partial charge on any atom is 0.159 e. The zero-order valence-corrected chi connectivity index (χ0v) is 7.58. The van der Waals surface area contributed by atoms with Gasteiger partial charge in [0.05, 0.1) is 0 Å². The van der Waals surface area contributed by atoms with E-state index in [4.69, 9.17) is 8.37 Å². The molecule has 1 aromatic rings. The van der Waals surface area contributed by atoms with Crippen LogP contribution in [0.15, 0.2) is 30.3 Å². The third-order valence-electron chi connectivity index (χ3n) is 1.89. The van der Waals surface area contributed by atoms with Crippen LogP contribution in [-0.2, 0) is 8.37 Å². The minimum atomic E-state index is 0.0798. The van der Waals surface area contributed by atoms with Gasteiger partial charge in [0, 0.05) is 0 Å². The molecule has 0 spiro atoms. The molecule has 0 amide bonds. The molecule has 0 aliphatic carbocycles. The quantitative estimate of drug-likeness (QED) is 0.622. The Morgan fingerprint density at radius 1 is 1.17 bits per heavy atom. The highest BCUT2D eigenvalue weighted by Gasteiger charge is 2.28. The van der Waals surface area contributed by atoms with Crippen LogP contribution in [0.1, 0.15) is 18.6 Å². The topological polar surface area (TPSA) is 18.5 Å². The predicted molar refractivity (Wildman–Crippen MR) is 48.4 cm³/mol. The lowest BCUT2D eigenvalue weighted by Gasteiger charge is -2.10. The van der Waals surface area contributed by atoms with Gasteiger partial charge in [0.1, 0.15) is 12.2 Å². The fraction of sp³-hybridized carbons (Fsp3) is 0.333. The third kappa shape index (κ3) is 1.48. The van der Waals surface area contributed by atoms with Crippen molar-refractivity contribution < 1.29 is 8.37 Å². The summed E-state index contributed by atoms with van der Waals surface area (Å²) in [5, 5.41) is 0. The lowest BCUT2D eigenvalue weighted by molar-refractivity contribution is 0.173. The molecule has 1 heterocycles. The summed E-state index contributed by atoms with van der Waals surface area (Å²) < 4.78 is 10.6. The lowest BCUT2D eigenvalue weighted by Crippen LogP contribution is -2.09. The van der Waals surface area contributed by atoms with E-state index < -0.39 is 0 Å². The van der Waals surface area contributed by atoms with Crippen LogP contribution in [0, 0.1) is 0 Å². The van der Waals surface area contributed by atoms with Crippen LogP contribution in [-0.4, -0.2) is 6.10 Å². The van der Waals surface area contributed by atoms with Gasteiger partial charge in [-0.2, -0.15) is 0 Å². The van der Waals surface area contributed by atoms with Gasteiger partial charge < -0.3 is 0 Å². The van der Waals surface area contributed by atoms with E-state index >= 15 is 0 Å². The molecule has 0 radical (unpaired) electrons. The van der Waals surface area contributed by atoms with Crippen molar-refractivity contribution in [3.8, 4) is 0 Å². The summed E-state index contributed by atoms with van der Waals surface area (Å²) in [6, 6.07) is 10.1. The SMILES string of the molecule is C[C@H]1OSO[C@@H]1c1ccccc1. The van der Waals surface area contributed by atoms with Crippen molar-refractivity contribution in [2.75, 3.05) is 0 Å². The Balaban J connectivity index is 2.19. The molecule has 12 heavy (non-hydrogen) atoms. The smallest absolute Gasteiger partial charge is 0.159 e. The Bertz CT molecular complexity index is 250. The summed E-state index contributed by atoms with van der Waals surface area (Å²) in [6.07, 6.45) is 0.216. The Hall–Kier alpha value is -0.510. The molecule has 0 aromatic heterocycles. The zero-order chi connectivity index (χ0) is 8.39. The molecule has 0 saturated carbocycles. The van der Waals surface area contributed by atoms with Gasteiger partial charge in [0.2, 0.25) is 0 Å². The first-order valence-corrected chi connectivity index (χ1v) is 4.58. The van der Waals surface area contributed by atoms with Crippen molar-refractivity contribution in [1.82, 2.24) is 0 Å². The molecule has 1 aliphatic heterocycles. The first-order valence-electron chi connectivity index (χ1n) is 3.91. The molecule has 3 heteroatoms. The van der Waals surface area contributed by atoms with Crippen LogP contribution in [0.2, 0.25) is 0 Å². The Morgan fingerprint density at radius 2 is 1.92 bits per heavy atom. The van der Waals surface area contributed by atoms with Gasteiger partial charge >= 0.3 is 0 Å². The predicted octanol–water partition coefficient (Wildman–Crippen LogP) is 2.73. The highest BCUT2D eigenvalue weighted by molar-refractivity contribution is 7.90. The van der Waals surface area contributed by atoms with E-state index in [1.165, 1.54) is 5.56 Å². The summed E-state index contributed by atoms with van der Waals surface area (Å²) in [5.74, 6) is 0. The maximum atomic E-state index is 5.35. The van der Waals surface area contributed by atoms with Gasteiger partial charge in [0.25, 0.3) is 0 Å². The molecule has 2 rings (SSSR count). The fourth-order valence-electron chi connectivity index (χ4n) is 1.22. The second-order valence-electron chi connectivity index (χ2n) is 2.80. The lowest BCUT2D eigenvalue weighted by atomic mass is 10.1. The molecule has 0 bridgehead atoms. The zero-order valence-electron chi connectivity index (χ0n) is 6.77. The molecule has 2 atom stereocenters. The largest absolute Gasteiger partial charge is 0.285 e. The van der Waals surface area contributed by atoms with E-state index in [0.717, 1.165) is 12.3 Å². The molecule has 1 saturated heterocycles. The molecular weight excluding hydrogens is 172 g/mol. The minimum Gasteiger partial charge on any atom is -0.285 e. The molecule has 2 nitrogen and oxygen atoms in total. The standard InChI is InChI=1S/C9H10O2S/c1-7-9(11-12-10-7)8-5-3-2-4-6-8/h2-7,9H,1H3/t7-,9+/m1/s1. The number of hydrogen-bond donors (Lipinski definition) is 0. The van der Waals surface area contributed by atoms with Gasteiger partial charge in [-0.3, -0.25) is 8.37 Å². The van der Waals surface area contributed by atoms with Crippen molar-refractivity contribution in [3.05, 3.63) is 35.9 Å². The number of hydrogen-bond acceptors (Lipinski definition) is 3. The molecule has 1 aromatic carbocycles. The first-order chi connectivity index (χ1) is 5.88. The average Bonchev–Trinajstić information content (AvgIpc) is 2.53.